The van der Waals surface area contributed by atoms with Crippen LogP contribution in [0.3, 0.4) is 0 Å². The molecule has 0 bridgehead atoms. The predicted molar refractivity (Wildman–Crippen MR) is 58.4 cm³/mol. The minimum absolute atomic E-state index is 0.0250. The van der Waals surface area contributed by atoms with Crippen LogP contribution in [-0.2, 0) is 4.74 Å². The number of hydrogen-bond acceptors (Lipinski definition) is 5. The molecule has 3 rings (SSSR count). The number of rotatable bonds is 2. The number of H-pyrrole nitrogens is 1. The molecule has 1 aliphatic heterocycles. The lowest BCUT2D eigenvalue weighted by Gasteiger charge is -2.13. The SMILES string of the molecule is [3H]c1nc2c(nc([3H])n2C2CCC(CO)O2)c(=O)[nH]1. The number of aromatic nitrogens is 4. The van der Waals surface area contributed by atoms with Gasteiger partial charge in [0.15, 0.2) is 11.2 Å². The van der Waals surface area contributed by atoms with E-state index in [2.05, 4.69) is 15.0 Å². The first-order valence-corrected chi connectivity index (χ1v) is 5.32. The molecule has 7 nitrogen and oxygen atoms in total. The second-order valence-electron chi connectivity index (χ2n) is 3.90. The Morgan fingerprint density at radius 2 is 2.53 bits per heavy atom. The van der Waals surface area contributed by atoms with Crippen LogP contribution < -0.4 is 5.56 Å². The molecule has 3 heterocycles. The quantitative estimate of drug-likeness (QED) is 0.757. The molecule has 2 aromatic heterocycles. The first-order chi connectivity index (χ1) is 9.10. The van der Waals surface area contributed by atoms with Gasteiger partial charge in [0.2, 0.25) is 0 Å². The normalized spacial score (nSPS) is 26.2. The third kappa shape index (κ3) is 1.63. The molecule has 2 atom stereocenters. The van der Waals surface area contributed by atoms with Gasteiger partial charge in [-0.15, -0.1) is 0 Å². The third-order valence-electron chi connectivity index (χ3n) is 2.83. The maximum Gasteiger partial charge on any atom is 0.278 e. The summed E-state index contributed by atoms with van der Waals surface area (Å²) < 4.78 is 22.2. The number of nitrogens with zero attached hydrogens (tertiary/aromatic N) is 3. The van der Waals surface area contributed by atoms with Gasteiger partial charge in [0.1, 0.15) is 8.97 Å². The summed E-state index contributed by atoms with van der Waals surface area (Å²) in [5.41, 5.74) is -0.349. The maximum absolute atomic E-state index is 11.6. The lowest BCUT2D eigenvalue weighted by atomic mass is 10.2. The molecule has 17 heavy (non-hydrogen) atoms. The summed E-state index contributed by atoms with van der Waals surface area (Å²) in [6.45, 7) is -0.0891. The average Bonchev–Trinajstić information content (AvgIpc) is 2.93. The maximum atomic E-state index is 11.6. The molecule has 0 radical (unpaired) electrons. The van der Waals surface area contributed by atoms with E-state index in [4.69, 9.17) is 12.6 Å². The Kier molecular flexibility index (Phi) is 1.94. The summed E-state index contributed by atoms with van der Waals surface area (Å²) in [5.74, 6) is 0. The fourth-order valence-corrected chi connectivity index (χ4v) is 1.98. The Balaban J connectivity index is 2.13. The summed E-state index contributed by atoms with van der Waals surface area (Å²) in [7, 11) is 0. The molecule has 1 fully saturated rings. The van der Waals surface area contributed by atoms with Crippen molar-refractivity contribution in [2.45, 2.75) is 25.2 Å². The van der Waals surface area contributed by atoms with Gasteiger partial charge < -0.3 is 14.8 Å². The molecule has 2 N–H and O–H groups in total. The van der Waals surface area contributed by atoms with Crippen LogP contribution in [0.2, 0.25) is 0 Å². The van der Waals surface area contributed by atoms with E-state index in [0.717, 1.165) is 0 Å². The van der Waals surface area contributed by atoms with E-state index >= 15 is 0 Å². The van der Waals surface area contributed by atoms with Crippen molar-refractivity contribution in [2.24, 2.45) is 0 Å². The summed E-state index contributed by atoms with van der Waals surface area (Å²) >= 11 is 0. The van der Waals surface area contributed by atoms with Gasteiger partial charge in [-0.25, -0.2) is 9.97 Å². The Bertz CT molecular complexity index is 683. The van der Waals surface area contributed by atoms with Gasteiger partial charge in [-0.1, -0.05) is 0 Å². The minimum atomic E-state index is -0.543. The van der Waals surface area contributed by atoms with Crippen LogP contribution >= 0.6 is 0 Å². The molecule has 0 aromatic carbocycles. The Labute approximate surface area is 98.9 Å². The zero-order chi connectivity index (χ0) is 13.6. The van der Waals surface area contributed by atoms with Crippen molar-refractivity contribution in [3.05, 3.63) is 23.0 Å². The molecule has 2 aromatic rings. The topological polar surface area (TPSA) is 93.0 Å². The van der Waals surface area contributed by atoms with Gasteiger partial charge in [-0.05, 0) is 12.8 Å². The van der Waals surface area contributed by atoms with Gasteiger partial charge in [0.05, 0.1) is 25.3 Å². The van der Waals surface area contributed by atoms with Crippen molar-refractivity contribution in [1.82, 2.24) is 19.5 Å². The van der Waals surface area contributed by atoms with Crippen molar-refractivity contribution in [3.8, 4) is 0 Å². The number of ether oxygens (including phenoxy) is 1. The van der Waals surface area contributed by atoms with Gasteiger partial charge in [0, 0.05) is 0 Å². The van der Waals surface area contributed by atoms with Gasteiger partial charge in [-0.2, -0.15) is 0 Å². The van der Waals surface area contributed by atoms with Crippen LogP contribution in [0.25, 0.3) is 11.2 Å². The van der Waals surface area contributed by atoms with Crippen LogP contribution in [-0.4, -0.2) is 37.3 Å². The van der Waals surface area contributed by atoms with Crippen LogP contribution in [0.5, 0.6) is 0 Å². The van der Waals surface area contributed by atoms with E-state index in [-0.39, 0.29) is 36.5 Å². The summed E-state index contributed by atoms with van der Waals surface area (Å²) in [5, 5.41) is 9.05. The second kappa shape index (κ2) is 3.94. The molecule has 0 amide bonds. The van der Waals surface area contributed by atoms with E-state index in [1.54, 1.807) is 0 Å². The largest absolute Gasteiger partial charge is 0.394 e. The number of aromatic amines is 1. The standard InChI is InChI=1S/C10H12N4O3/c15-3-6-1-2-7(17-6)14-5-13-8-9(14)11-4-12-10(8)16/h4-7,15H,1-3H2,(H,11,12,16)/i4T,5T. The lowest BCUT2D eigenvalue weighted by Crippen LogP contribution is -2.14. The highest BCUT2D eigenvalue weighted by molar-refractivity contribution is 5.68. The number of imidazole rings is 1. The molecular weight excluding hydrogens is 224 g/mol. The number of aliphatic hydroxyl groups is 1. The molecular formula is C10H12N4O3. The number of hydrogen-bond donors (Lipinski definition) is 2. The van der Waals surface area contributed by atoms with E-state index in [9.17, 15) is 4.79 Å². The fourth-order valence-electron chi connectivity index (χ4n) is 1.98. The first-order valence-electron chi connectivity index (χ1n) is 6.32. The van der Waals surface area contributed by atoms with Crippen LogP contribution in [0, 0.1) is 0 Å². The zero-order valence-electron chi connectivity index (χ0n) is 10.9. The van der Waals surface area contributed by atoms with E-state index in [0.29, 0.717) is 12.8 Å². The number of nitrogens with one attached hydrogen (secondary N) is 1. The molecule has 2 unspecified atom stereocenters. The molecule has 1 aliphatic rings. The average molecular weight is 240 g/mol. The smallest absolute Gasteiger partial charge is 0.278 e. The highest BCUT2D eigenvalue weighted by Crippen LogP contribution is 2.29. The van der Waals surface area contributed by atoms with Gasteiger partial charge in [0.25, 0.3) is 5.56 Å². The molecule has 0 aliphatic carbocycles. The number of aliphatic hydroxyl groups excluding tert-OH is 1. The third-order valence-corrected chi connectivity index (χ3v) is 2.83. The van der Waals surface area contributed by atoms with Crippen molar-refractivity contribution in [1.29, 1.82) is 0 Å². The zero-order valence-corrected chi connectivity index (χ0v) is 8.88. The summed E-state index contributed by atoms with van der Waals surface area (Å²) in [6.07, 6.45) is 0.0851. The minimum Gasteiger partial charge on any atom is -0.394 e. The van der Waals surface area contributed by atoms with E-state index in [1.807, 2.05) is 0 Å². The monoisotopic (exact) mass is 240 g/mol. The molecule has 7 heteroatoms. The Morgan fingerprint density at radius 1 is 1.65 bits per heavy atom. The fraction of sp³-hybridized carbons (Fsp3) is 0.500. The second-order valence-corrected chi connectivity index (χ2v) is 3.90. The van der Waals surface area contributed by atoms with Crippen LogP contribution in [0.4, 0.5) is 0 Å². The highest BCUT2D eigenvalue weighted by atomic mass is 16.5. The van der Waals surface area contributed by atoms with Crippen molar-refractivity contribution in [2.75, 3.05) is 6.61 Å². The molecule has 0 spiro atoms. The number of fused-ring (bicyclic) bond motifs is 1. The van der Waals surface area contributed by atoms with Crippen molar-refractivity contribution >= 4 is 11.2 Å². The highest BCUT2D eigenvalue weighted by Gasteiger charge is 2.27. The van der Waals surface area contributed by atoms with Crippen molar-refractivity contribution < 1.29 is 12.6 Å². The van der Waals surface area contributed by atoms with Gasteiger partial charge >= 0.3 is 0 Å². The Morgan fingerprint density at radius 3 is 3.29 bits per heavy atom. The summed E-state index contributed by atoms with van der Waals surface area (Å²) in [6, 6.07) is 0. The van der Waals surface area contributed by atoms with E-state index < -0.39 is 11.8 Å². The lowest BCUT2D eigenvalue weighted by molar-refractivity contribution is -0.0207. The van der Waals surface area contributed by atoms with Gasteiger partial charge in [-0.3, -0.25) is 9.36 Å². The first kappa shape index (κ1) is 8.37. The molecule has 90 valence electrons. The van der Waals surface area contributed by atoms with Crippen LogP contribution in [0.1, 0.15) is 21.8 Å². The van der Waals surface area contributed by atoms with E-state index in [1.165, 1.54) is 4.57 Å². The molecule has 0 saturated carbocycles. The van der Waals surface area contributed by atoms with Crippen LogP contribution in [0.15, 0.2) is 17.4 Å². The Hall–Kier alpha value is -1.73. The summed E-state index contributed by atoms with van der Waals surface area (Å²) in [4.78, 5) is 21.6. The predicted octanol–water partition coefficient (Wildman–Crippen LogP) is -0.211. The molecule has 1 saturated heterocycles. The van der Waals surface area contributed by atoms with Crippen molar-refractivity contribution in [3.63, 3.8) is 0 Å².